The maximum atomic E-state index is 10.8. The number of hydrogen-bond donors (Lipinski definition) is 2. The van der Waals surface area contributed by atoms with Gasteiger partial charge in [-0.2, -0.15) is 0 Å². The lowest BCUT2D eigenvalue weighted by Gasteiger charge is -2.03. The number of carbonyl (C=O) groups excluding carboxylic acids is 1. The lowest BCUT2D eigenvalue weighted by molar-refractivity contribution is -0.119. The molecule has 0 atom stereocenters. The summed E-state index contributed by atoms with van der Waals surface area (Å²) in [7, 11) is 0. The van der Waals surface area contributed by atoms with E-state index < -0.39 is 0 Å². The molecule has 1 amide bonds. The molecule has 0 heterocycles. The van der Waals surface area contributed by atoms with E-state index in [2.05, 4.69) is 29.6 Å². The van der Waals surface area contributed by atoms with Crippen LogP contribution in [0.4, 0.5) is 0 Å². The van der Waals surface area contributed by atoms with E-state index in [1.54, 1.807) is 0 Å². The molecule has 0 fully saturated rings. The lowest BCUT2D eigenvalue weighted by atomic mass is 10.1. The molecule has 0 radical (unpaired) electrons. The molecule has 0 unspecified atom stereocenters. The fourth-order valence-corrected chi connectivity index (χ4v) is 1.58. The third-order valence-electron chi connectivity index (χ3n) is 2.49. The van der Waals surface area contributed by atoms with Crippen molar-refractivity contribution in [1.29, 1.82) is 0 Å². The Morgan fingerprint density at radius 2 is 1.88 bits per heavy atom. The highest BCUT2D eigenvalue weighted by atomic mass is 16.1. The summed E-state index contributed by atoms with van der Waals surface area (Å²) >= 11 is 0. The van der Waals surface area contributed by atoms with E-state index in [0.29, 0.717) is 0 Å². The first-order valence-electron chi connectivity index (χ1n) is 5.83. The highest BCUT2D eigenvalue weighted by molar-refractivity contribution is 5.77. The van der Waals surface area contributed by atoms with E-state index >= 15 is 0 Å². The molecular formula is C13H20N2O. The molecule has 0 aliphatic heterocycles. The van der Waals surface area contributed by atoms with Crippen molar-refractivity contribution < 1.29 is 4.79 Å². The fraction of sp³-hybridized carbons (Fsp3) is 0.462. The number of aryl methyl sites for hydroxylation is 1. The van der Waals surface area contributed by atoms with E-state index in [0.717, 1.165) is 25.8 Å². The van der Waals surface area contributed by atoms with Crippen LogP contribution >= 0.6 is 0 Å². The molecule has 0 aliphatic carbocycles. The lowest BCUT2D eigenvalue weighted by Crippen LogP contribution is -2.30. The van der Waals surface area contributed by atoms with Crippen molar-refractivity contribution >= 4 is 5.91 Å². The van der Waals surface area contributed by atoms with Gasteiger partial charge < -0.3 is 11.1 Å². The number of unbranched alkanes of at least 4 members (excludes halogenated alkanes) is 2. The van der Waals surface area contributed by atoms with Gasteiger partial charge in [0, 0.05) is 6.54 Å². The van der Waals surface area contributed by atoms with Crippen LogP contribution in [0.3, 0.4) is 0 Å². The van der Waals surface area contributed by atoms with Crippen molar-refractivity contribution in [3.8, 4) is 0 Å². The van der Waals surface area contributed by atoms with Gasteiger partial charge in [0.05, 0.1) is 6.54 Å². The molecule has 0 aromatic heterocycles. The van der Waals surface area contributed by atoms with Gasteiger partial charge in [0.15, 0.2) is 0 Å². The SMILES string of the molecule is NCC(=O)NCCCCCc1ccccc1. The predicted molar refractivity (Wildman–Crippen MR) is 66.1 cm³/mol. The van der Waals surface area contributed by atoms with Gasteiger partial charge >= 0.3 is 0 Å². The van der Waals surface area contributed by atoms with E-state index in [4.69, 9.17) is 5.73 Å². The summed E-state index contributed by atoms with van der Waals surface area (Å²) in [4.78, 5) is 10.8. The van der Waals surface area contributed by atoms with Crippen molar-refractivity contribution in [3.63, 3.8) is 0 Å². The van der Waals surface area contributed by atoms with Gasteiger partial charge in [0.2, 0.25) is 5.91 Å². The van der Waals surface area contributed by atoms with Crippen LogP contribution in [0, 0.1) is 0 Å². The van der Waals surface area contributed by atoms with Crippen LogP contribution in [0.5, 0.6) is 0 Å². The van der Waals surface area contributed by atoms with Gasteiger partial charge in [-0.3, -0.25) is 4.79 Å². The second-order valence-corrected chi connectivity index (χ2v) is 3.85. The molecule has 1 aromatic rings. The van der Waals surface area contributed by atoms with Gasteiger partial charge in [0.25, 0.3) is 0 Å². The summed E-state index contributed by atoms with van der Waals surface area (Å²) in [5, 5.41) is 2.77. The fourth-order valence-electron chi connectivity index (χ4n) is 1.58. The van der Waals surface area contributed by atoms with Gasteiger partial charge in [-0.15, -0.1) is 0 Å². The van der Waals surface area contributed by atoms with Crippen LogP contribution < -0.4 is 11.1 Å². The molecule has 1 aromatic carbocycles. The van der Waals surface area contributed by atoms with E-state index in [1.807, 2.05) is 6.07 Å². The average molecular weight is 220 g/mol. The molecule has 0 bridgehead atoms. The number of amides is 1. The molecule has 16 heavy (non-hydrogen) atoms. The Morgan fingerprint density at radius 1 is 1.12 bits per heavy atom. The summed E-state index contributed by atoms with van der Waals surface area (Å²) in [5.74, 6) is -0.0666. The molecule has 3 N–H and O–H groups in total. The first-order chi connectivity index (χ1) is 7.83. The number of nitrogens with two attached hydrogens (primary N) is 1. The van der Waals surface area contributed by atoms with E-state index in [-0.39, 0.29) is 12.5 Å². The minimum atomic E-state index is -0.0666. The minimum Gasteiger partial charge on any atom is -0.355 e. The van der Waals surface area contributed by atoms with E-state index in [9.17, 15) is 4.79 Å². The van der Waals surface area contributed by atoms with Gasteiger partial charge in [-0.1, -0.05) is 36.8 Å². The molecule has 3 heteroatoms. The maximum absolute atomic E-state index is 10.8. The Kier molecular flexibility index (Phi) is 6.26. The maximum Gasteiger partial charge on any atom is 0.233 e. The zero-order valence-electron chi connectivity index (χ0n) is 9.61. The van der Waals surface area contributed by atoms with Crippen LogP contribution in [-0.2, 0) is 11.2 Å². The quantitative estimate of drug-likeness (QED) is 0.684. The molecule has 0 spiro atoms. The zero-order valence-corrected chi connectivity index (χ0v) is 9.61. The first-order valence-corrected chi connectivity index (χ1v) is 5.83. The molecule has 88 valence electrons. The zero-order chi connectivity index (χ0) is 11.6. The Balaban J connectivity index is 1.98. The Morgan fingerprint density at radius 3 is 2.56 bits per heavy atom. The standard InChI is InChI=1S/C13H20N2O/c14-11-13(16)15-10-6-2-5-9-12-7-3-1-4-8-12/h1,3-4,7-8H,2,5-6,9-11,14H2,(H,15,16). The Labute approximate surface area is 97.0 Å². The van der Waals surface area contributed by atoms with Crippen LogP contribution in [0.25, 0.3) is 0 Å². The number of hydrogen-bond acceptors (Lipinski definition) is 2. The van der Waals surface area contributed by atoms with Crippen molar-refractivity contribution in [2.45, 2.75) is 25.7 Å². The average Bonchev–Trinajstić information content (AvgIpc) is 2.34. The van der Waals surface area contributed by atoms with Gasteiger partial charge in [0.1, 0.15) is 0 Å². The third-order valence-corrected chi connectivity index (χ3v) is 2.49. The summed E-state index contributed by atoms with van der Waals surface area (Å²) in [6.45, 7) is 0.828. The summed E-state index contributed by atoms with van der Waals surface area (Å²) in [5.41, 5.74) is 6.56. The van der Waals surface area contributed by atoms with Crippen LogP contribution in [-0.4, -0.2) is 19.0 Å². The molecule has 0 aliphatic rings. The van der Waals surface area contributed by atoms with Gasteiger partial charge in [-0.25, -0.2) is 0 Å². The van der Waals surface area contributed by atoms with E-state index in [1.165, 1.54) is 12.0 Å². The Bertz CT molecular complexity index is 298. The molecule has 3 nitrogen and oxygen atoms in total. The highest BCUT2D eigenvalue weighted by Crippen LogP contribution is 2.05. The minimum absolute atomic E-state index is 0.0666. The summed E-state index contributed by atoms with van der Waals surface area (Å²) in [6, 6.07) is 10.5. The highest BCUT2D eigenvalue weighted by Gasteiger charge is 1.96. The van der Waals surface area contributed by atoms with Crippen molar-refractivity contribution in [2.24, 2.45) is 5.73 Å². The van der Waals surface area contributed by atoms with Gasteiger partial charge in [-0.05, 0) is 24.8 Å². The summed E-state index contributed by atoms with van der Waals surface area (Å²) in [6.07, 6.45) is 4.45. The molecule has 1 rings (SSSR count). The number of carbonyl (C=O) groups is 1. The summed E-state index contributed by atoms with van der Waals surface area (Å²) < 4.78 is 0. The van der Waals surface area contributed by atoms with Crippen LogP contribution in [0.15, 0.2) is 30.3 Å². The Hall–Kier alpha value is -1.35. The molecule has 0 saturated carbocycles. The van der Waals surface area contributed by atoms with Crippen molar-refractivity contribution in [3.05, 3.63) is 35.9 Å². The monoisotopic (exact) mass is 220 g/mol. The van der Waals surface area contributed by atoms with Crippen molar-refractivity contribution in [1.82, 2.24) is 5.32 Å². The first kappa shape index (κ1) is 12.7. The predicted octanol–water partition coefficient (Wildman–Crippen LogP) is 1.47. The van der Waals surface area contributed by atoms with Crippen LogP contribution in [0.1, 0.15) is 24.8 Å². The molecule has 0 saturated heterocycles. The number of benzene rings is 1. The van der Waals surface area contributed by atoms with Crippen LogP contribution in [0.2, 0.25) is 0 Å². The second kappa shape index (κ2) is 7.88. The topological polar surface area (TPSA) is 55.1 Å². The smallest absolute Gasteiger partial charge is 0.233 e. The largest absolute Gasteiger partial charge is 0.355 e. The number of rotatable bonds is 7. The molecular weight excluding hydrogens is 200 g/mol. The normalized spacial score (nSPS) is 10.1. The van der Waals surface area contributed by atoms with Crippen molar-refractivity contribution in [2.75, 3.05) is 13.1 Å². The third kappa shape index (κ3) is 5.51. The second-order valence-electron chi connectivity index (χ2n) is 3.85. The number of nitrogens with one attached hydrogen (secondary N) is 1.